The highest BCUT2D eigenvalue weighted by molar-refractivity contribution is 9.28. The van der Waals surface area contributed by atoms with E-state index in [1.165, 1.54) is 17.2 Å². The standard InChI is InChI=1S/C11H11Br2N5O3/c12-5(13)1-4-7(19)8(20)11(21-4)18-3-17-6-9(14)15-2-16-10(6)18/h1-4,7-8,11,19-20H,(H2,14,15,16)/t4-,7-,8-,11-/m1/s1. The molecule has 4 atom stereocenters. The van der Waals surface area contributed by atoms with E-state index in [1.807, 2.05) is 0 Å². The predicted octanol–water partition coefficient (Wildman–Crippen LogP) is 0.659. The van der Waals surface area contributed by atoms with Crippen molar-refractivity contribution in [2.24, 2.45) is 0 Å². The molecule has 0 amide bonds. The van der Waals surface area contributed by atoms with Gasteiger partial charge in [0.25, 0.3) is 0 Å². The summed E-state index contributed by atoms with van der Waals surface area (Å²) in [6, 6.07) is 0. The Balaban J connectivity index is 2.00. The van der Waals surface area contributed by atoms with Gasteiger partial charge in [-0.15, -0.1) is 0 Å². The van der Waals surface area contributed by atoms with Gasteiger partial charge in [-0.05, 0) is 37.9 Å². The number of hydrogen-bond acceptors (Lipinski definition) is 7. The minimum Gasteiger partial charge on any atom is -0.387 e. The van der Waals surface area contributed by atoms with Gasteiger partial charge >= 0.3 is 0 Å². The molecule has 0 radical (unpaired) electrons. The van der Waals surface area contributed by atoms with Gasteiger partial charge in [0.1, 0.15) is 30.2 Å². The molecule has 0 aliphatic carbocycles. The molecule has 0 spiro atoms. The Labute approximate surface area is 135 Å². The lowest BCUT2D eigenvalue weighted by atomic mass is 10.1. The monoisotopic (exact) mass is 419 g/mol. The van der Waals surface area contributed by atoms with Crippen molar-refractivity contribution in [3.8, 4) is 0 Å². The normalized spacial score (nSPS) is 29.0. The molecular weight excluding hydrogens is 410 g/mol. The molecule has 112 valence electrons. The number of halogens is 2. The largest absolute Gasteiger partial charge is 0.387 e. The Morgan fingerprint density at radius 2 is 2.05 bits per heavy atom. The summed E-state index contributed by atoms with van der Waals surface area (Å²) in [7, 11) is 0. The highest BCUT2D eigenvalue weighted by atomic mass is 79.9. The van der Waals surface area contributed by atoms with E-state index in [0.29, 0.717) is 14.6 Å². The average molecular weight is 421 g/mol. The molecule has 8 nitrogen and oxygen atoms in total. The van der Waals surface area contributed by atoms with Crippen LogP contribution in [0.5, 0.6) is 0 Å². The Bertz CT molecular complexity index is 702. The van der Waals surface area contributed by atoms with Crippen molar-refractivity contribution in [1.29, 1.82) is 0 Å². The van der Waals surface area contributed by atoms with Crippen molar-refractivity contribution in [2.45, 2.75) is 24.5 Å². The van der Waals surface area contributed by atoms with E-state index in [1.54, 1.807) is 6.08 Å². The molecule has 2 aromatic heterocycles. The summed E-state index contributed by atoms with van der Waals surface area (Å²) in [4.78, 5) is 12.1. The highest BCUT2D eigenvalue weighted by Crippen LogP contribution is 2.33. The summed E-state index contributed by atoms with van der Waals surface area (Å²) in [6.07, 6.45) is 0.674. The minimum absolute atomic E-state index is 0.242. The van der Waals surface area contributed by atoms with E-state index in [9.17, 15) is 10.2 Å². The molecule has 3 heterocycles. The summed E-state index contributed by atoms with van der Waals surface area (Å²) < 4.78 is 7.82. The molecule has 21 heavy (non-hydrogen) atoms. The molecular formula is C11H11Br2N5O3. The van der Waals surface area contributed by atoms with Crippen LogP contribution in [-0.4, -0.2) is 48.0 Å². The van der Waals surface area contributed by atoms with Gasteiger partial charge in [-0.2, -0.15) is 0 Å². The maximum atomic E-state index is 10.2. The van der Waals surface area contributed by atoms with Crippen LogP contribution in [0.4, 0.5) is 5.82 Å². The smallest absolute Gasteiger partial charge is 0.167 e. The van der Waals surface area contributed by atoms with E-state index in [2.05, 4.69) is 46.8 Å². The number of ether oxygens (including phenoxy) is 1. The molecule has 2 aromatic rings. The van der Waals surface area contributed by atoms with Gasteiger partial charge in [0.05, 0.1) is 9.72 Å². The molecule has 1 saturated heterocycles. The summed E-state index contributed by atoms with van der Waals surface area (Å²) in [5.41, 5.74) is 6.57. The van der Waals surface area contributed by atoms with Crippen molar-refractivity contribution < 1.29 is 14.9 Å². The number of anilines is 1. The van der Waals surface area contributed by atoms with Crippen molar-refractivity contribution in [2.75, 3.05) is 5.73 Å². The molecule has 1 aliphatic rings. The number of rotatable bonds is 2. The van der Waals surface area contributed by atoms with Gasteiger partial charge in [-0.1, -0.05) is 0 Å². The van der Waals surface area contributed by atoms with Crippen LogP contribution >= 0.6 is 31.9 Å². The number of aromatic nitrogens is 4. The number of hydrogen-bond donors (Lipinski definition) is 3. The number of nitrogens with two attached hydrogens (primary N) is 1. The fraction of sp³-hybridized carbons (Fsp3) is 0.364. The van der Waals surface area contributed by atoms with Crippen LogP contribution in [0.1, 0.15) is 6.23 Å². The number of fused-ring (bicyclic) bond motifs is 1. The maximum Gasteiger partial charge on any atom is 0.167 e. The van der Waals surface area contributed by atoms with E-state index in [0.717, 1.165) is 0 Å². The summed E-state index contributed by atoms with van der Waals surface area (Å²) >= 11 is 6.40. The zero-order valence-corrected chi connectivity index (χ0v) is 13.6. The SMILES string of the molecule is Nc1ncnc2c1ncn2[C@@H]1O[C@H](C=C(Br)Br)[C@@H](O)[C@H]1O. The lowest BCUT2D eigenvalue weighted by Gasteiger charge is -2.16. The van der Waals surface area contributed by atoms with Crippen molar-refractivity contribution in [3.63, 3.8) is 0 Å². The van der Waals surface area contributed by atoms with E-state index in [-0.39, 0.29) is 5.82 Å². The first-order valence-electron chi connectivity index (χ1n) is 5.96. The predicted molar refractivity (Wildman–Crippen MR) is 81.6 cm³/mol. The van der Waals surface area contributed by atoms with E-state index >= 15 is 0 Å². The summed E-state index contributed by atoms with van der Waals surface area (Å²) in [5.74, 6) is 0.242. The Kier molecular flexibility index (Phi) is 3.97. The molecule has 10 heteroatoms. The Morgan fingerprint density at radius 3 is 2.76 bits per heavy atom. The summed E-state index contributed by atoms with van der Waals surface area (Å²) in [5, 5.41) is 20.2. The lowest BCUT2D eigenvalue weighted by molar-refractivity contribution is -0.0244. The van der Waals surface area contributed by atoms with Crippen LogP contribution in [0.3, 0.4) is 0 Å². The molecule has 0 bridgehead atoms. The van der Waals surface area contributed by atoms with Crippen LogP contribution < -0.4 is 5.73 Å². The molecule has 3 rings (SSSR count). The van der Waals surface area contributed by atoms with Crippen LogP contribution in [0.25, 0.3) is 11.2 Å². The molecule has 0 unspecified atom stereocenters. The van der Waals surface area contributed by atoms with Crippen molar-refractivity contribution in [3.05, 3.63) is 22.1 Å². The third-order valence-electron chi connectivity index (χ3n) is 3.23. The number of aliphatic hydroxyl groups is 2. The second-order valence-electron chi connectivity index (χ2n) is 4.51. The van der Waals surface area contributed by atoms with Gasteiger partial charge in [-0.25, -0.2) is 15.0 Å². The lowest BCUT2D eigenvalue weighted by Crippen LogP contribution is -2.30. The molecule has 4 N–H and O–H groups in total. The topological polar surface area (TPSA) is 119 Å². The Hall–Kier alpha value is -1.07. The quantitative estimate of drug-likeness (QED) is 0.652. The van der Waals surface area contributed by atoms with Gasteiger partial charge in [0.2, 0.25) is 0 Å². The Morgan fingerprint density at radius 1 is 1.29 bits per heavy atom. The van der Waals surface area contributed by atoms with E-state index < -0.39 is 24.5 Å². The van der Waals surface area contributed by atoms with E-state index in [4.69, 9.17) is 10.5 Å². The first kappa shape index (κ1) is 14.9. The van der Waals surface area contributed by atoms with Crippen LogP contribution in [-0.2, 0) is 4.74 Å². The van der Waals surface area contributed by atoms with Gasteiger partial charge in [-0.3, -0.25) is 4.57 Å². The average Bonchev–Trinajstić information content (AvgIpc) is 2.96. The zero-order valence-electron chi connectivity index (χ0n) is 10.5. The molecule has 0 aromatic carbocycles. The fourth-order valence-electron chi connectivity index (χ4n) is 2.23. The zero-order chi connectivity index (χ0) is 15.1. The maximum absolute atomic E-state index is 10.2. The first-order valence-corrected chi connectivity index (χ1v) is 7.55. The minimum atomic E-state index is -1.13. The second kappa shape index (κ2) is 5.61. The highest BCUT2D eigenvalue weighted by Gasteiger charge is 2.43. The van der Waals surface area contributed by atoms with Crippen LogP contribution in [0, 0.1) is 0 Å². The van der Waals surface area contributed by atoms with Crippen LogP contribution in [0.2, 0.25) is 0 Å². The molecule has 1 aliphatic heterocycles. The number of aliphatic hydroxyl groups excluding tert-OH is 2. The van der Waals surface area contributed by atoms with Gasteiger partial charge < -0.3 is 20.7 Å². The second-order valence-corrected chi connectivity index (χ2v) is 7.28. The molecule has 0 saturated carbocycles. The van der Waals surface area contributed by atoms with Crippen LogP contribution in [0.15, 0.2) is 22.1 Å². The number of imidazole rings is 1. The molecule has 1 fully saturated rings. The summed E-state index contributed by atoms with van der Waals surface area (Å²) in [6.45, 7) is 0. The van der Waals surface area contributed by atoms with Crippen molar-refractivity contribution in [1.82, 2.24) is 19.5 Å². The fourth-order valence-corrected chi connectivity index (χ4v) is 2.75. The third-order valence-corrected chi connectivity index (χ3v) is 3.76. The third kappa shape index (κ3) is 2.57. The first-order chi connectivity index (χ1) is 9.99. The van der Waals surface area contributed by atoms with Gasteiger partial charge in [0.15, 0.2) is 17.7 Å². The number of nitrogens with zero attached hydrogens (tertiary/aromatic N) is 4. The van der Waals surface area contributed by atoms with Gasteiger partial charge in [0, 0.05) is 0 Å². The number of nitrogen functional groups attached to an aromatic ring is 1. The van der Waals surface area contributed by atoms with Crippen molar-refractivity contribution >= 4 is 48.8 Å².